The van der Waals surface area contributed by atoms with E-state index >= 15 is 0 Å². The van der Waals surface area contributed by atoms with Crippen LogP contribution in [0.2, 0.25) is 0 Å². The van der Waals surface area contributed by atoms with Gasteiger partial charge in [0.25, 0.3) is 0 Å². The van der Waals surface area contributed by atoms with Crippen LogP contribution in [0.15, 0.2) is 12.3 Å². The van der Waals surface area contributed by atoms with Crippen molar-refractivity contribution >= 4 is 21.3 Å². The molecule has 0 spiro atoms. The molecule has 1 saturated heterocycles. The molecular formula is C10H15N3O2S. The summed E-state index contributed by atoms with van der Waals surface area (Å²) >= 11 is 0. The molecule has 2 rings (SSSR count). The Balaban J connectivity index is 2.20. The largest absolute Gasteiger partial charge is 0.397 e. The van der Waals surface area contributed by atoms with Gasteiger partial charge in [-0.1, -0.05) is 0 Å². The zero-order chi connectivity index (χ0) is 11.8. The van der Waals surface area contributed by atoms with Crippen LogP contribution in [0.25, 0.3) is 0 Å². The molecule has 16 heavy (non-hydrogen) atoms. The molecule has 0 aliphatic carbocycles. The van der Waals surface area contributed by atoms with Crippen molar-refractivity contribution in [2.75, 3.05) is 35.2 Å². The average molecular weight is 241 g/mol. The van der Waals surface area contributed by atoms with Crippen LogP contribution in [0.3, 0.4) is 0 Å². The molecule has 6 heteroatoms. The lowest BCUT2D eigenvalue weighted by molar-refractivity contribution is 0.586. The number of pyridine rings is 1. The van der Waals surface area contributed by atoms with Crippen LogP contribution in [0, 0.1) is 6.92 Å². The quantitative estimate of drug-likeness (QED) is 0.760. The molecule has 88 valence electrons. The van der Waals surface area contributed by atoms with Gasteiger partial charge in [-0.15, -0.1) is 0 Å². The molecule has 1 aromatic rings. The molecular weight excluding hydrogens is 226 g/mol. The SMILES string of the molecule is Cc1cc(N)cnc1N1CCS(=O)(=O)CC1. The number of nitrogens with zero attached hydrogens (tertiary/aromatic N) is 2. The van der Waals surface area contributed by atoms with E-state index in [9.17, 15) is 8.42 Å². The van der Waals surface area contributed by atoms with E-state index in [1.54, 1.807) is 6.20 Å². The second-order valence-electron chi connectivity index (χ2n) is 4.05. The zero-order valence-electron chi connectivity index (χ0n) is 9.18. The number of hydrogen-bond acceptors (Lipinski definition) is 5. The smallest absolute Gasteiger partial charge is 0.153 e. The first-order valence-corrected chi connectivity index (χ1v) is 6.97. The van der Waals surface area contributed by atoms with Gasteiger partial charge in [0.2, 0.25) is 0 Å². The first kappa shape index (κ1) is 11.2. The van der Waals surface area contributed by atoms with Crippen molar-refractivity contribution in [2.24, 2.45) is 0 Å². The molecule has 0 atom stereocenters. The lowest BCUT2D eigenvalue weighted by atomic mass is 10.2. The Bertz CT molecular complexity index is 485. The Morgan fingerprint density at radius 3 is 2.56 bits per heavy atom. The van der Waals surface area contributed by atoms with Crippen molar-refractivity contribution < 1.29 is 8.42 Å². The van der Waals surface area contributed by atoms with Crippen LogP contribution in [-0.2, 0) is 9.84 Å². The average Bonchev–Trinajstić information content (AvgIpc) is 2.19. The molecule has 1 aromatic heterocycles. The summed E-state index contributed by atoms with van der Waals surface area (Å²) in [4.78, 5) is 6.25. The fraction of sp³-hybridized carbons (Fsp3) is 0.500. The number of sulfone groups is 1. The van der Waals surface area contributed by atoms with Crippen LogP contribution in [0.1, 0.15) is 5.56 Å². The van der Waals surface area contributed by atoms with Crippen molar-refractivity contribution in [1.29, 1.82) is 0 Å². The van der Waals surface area contributed by atoms with Gasteiger partial charge in [0, 0.05) is 13.1 Å². The topological polar surface area (TPSA) is 76.3 Å². The predicted molar refractivity (Wildman–Crippen MR) is 64.3 cm³/mol. The molecule has 0 amide bonds. The Labute approximate surface area is 95.2 Å². The van der Waals surface area contributed by atoms with Gasteiger partial charge in [-0.05, 0) is 18.6 Å². The van der Waals surface area contributed by atoms with E-state index in [0.29, 0.717) is 18.8 Å². The number of aryl methyl sites for hydroxylation is 1. The van der Waals surface area contributed by atoms with Gasteiger partial charge in [-0.25, -0.2) is 13.4 Å². The van der Waals surface area contributed by atoms with E-state index in [0.717, 1.165) is 11.4 Å². The van der Waals surface area contributed by atoms with Crippen LogP contribution in [-0.4, -0.2) is 38.0 Å². The third kappa shape index (κ3) is 2.27. The first-order valence-electron chi connectivity index (χ1n) is 5.15. The summed E-state index contributed by atoms with van der Waals surface area (Å²) in [5.74, 6) is 1.25. The third-order valence-corrected chi connectivity index (χ3v) is 4.32. The van der Waals surface area contributed by atoms with Gasteiger partial charge < -0.3 is 10.6 Å². The molecule has 1 aliphatic rings. The highest BCUT2D eigenvalue weighted by molar-refractivity contribution is 7.91. The summed E-state index contributed by atoms with van der Waals surface area (Å²) in [6, 6.07) is 1.85. The third-order valence-electron chi connectivity index (χ3n) is 2.72. The van der Waals surface area contributed by atoms with Crippen molar-refractivity contribution in [2.45, 2.75) is 6.92 Å². The number of rotatable bonds is 1. The first-order chi connectivity index (χ1) is 7.48. The Hall–Kier alpha value is -1.30. The van der Waals surface area contributed by atoms with E-state index in [2.05, 4.69) is 4.98 Å². The predicted octanol–water partition coefficient (Wildman–Crippen LogP) is 0.207. The maximum Gasteiger partial charge on any atom is 0.153 e. The molecule has 0 unspecified atom stereocenters. The summed E-state index contributed by atoms with van der Waals surface area (Å²) in [5, 5.41) is 0. The molecule has 0 radical (unpaired) electrons. The van der Waals surface area contributed by atoms with Gasteiger partial charge in [-0.3, -0.25) is 0 Å². The van der Waals surface area contributed by atoms with Gasteiger partial charge in [-0.2, -0.15) is 0 Å². The van der Waals surface area contributed by atoms with Gasteiger partial charge in [0.15, 0.2) is 9.84 Å². The minimum atomic E-state index is -2.84. The lowest BCUT2D eigenvalue weighted by Crippen LogP contribution is -2.41. The monoisotopic (exact) mass is 241 g/mol. The fourth-order valence-electron chi connectivity index (χ4n) is 1.84. The number of aromatic nitrogens is 1. The van der Waals surface area contributed by atoms with E-state index < -0.39 is 9.84 Å². The lowest BCUT2D eigenvalue weighted by Gasteiger charge is -2.28. The second kappa shape index (κ2) is 3.93. The summed E-state index contributed by atoms with van der Waals surface area (Å²) in [6.45, 7) is 2.96. The molecule has 0 saturated carbocycles. The normalized spacial score (nSPS) is 19.7. The van der Waals surface area contributed by atoms with Gasteiger partial charge >= 0.3 is 0 Å². The van der Waals surface area contributed by atoms with Crippen molar-refractivity contribution in [3.63, 3.8) is 0 Å². The molecule has 5 nitrogen and oxygen atoms in total. The Morgan fingerprint density at radius 2 is 2.00 bits per heavy atom. The van der Waals surface area contributed by atoms with Crippen LogP contribution >= 0.6 is 0 Å². The molecule has 1 fully saturated rings. The van der Waals surface area contributed by atoms with E-state index in [1.807, 2.05) is 17.9 Å². The maximum atomic E-state index is 11.3. The summed E-state index contributed by atoms with van der Waals surface area (Å²) in [7, 11) is -2.84. The molecule has 0 bridgehead atoms. The highest BCUT2D eigenvalue weighted by Crippen LogP contribution is 2.20. The summed E-state index contributed by atoms with van der Waals surface area (Å²) in [6.07, 6.45) is 1.60. The van der Waals surface area contributed by atoms with Crippen LogP contribution < -0.4 is 10.6 Å². The molecule has 2 heterocycles. The fourth-order valence-corrected chi connectivity index (χ4v) is 3.05. The highest BCUT2D eigenvalue weighted by atomic mass is 32.2. The van der Waals surface area contributed by atoms with Crippen molar-refractivity contribution in [3.05, 3.63) is 17.8 Å². The number of hydrogen-bond donors (Lipinski definition) is 1. The summed E-state index contributed by atoms with van der Waals surface area (Å²) in [5.41, 5.74) is 7.24. The molecule has 0 aromatic carbocycles. The highest BCUT2D eigenvalue weighted by Gasteiger charge is 2.23. The minimum Gasteiger partial charge on any atom is -0.397 e. The zero-order valence-corrected chi connectivity index (χ0v) is 10.00. The standard InChI is InChI=1S/C10H15N3O2S/c1-8-6-9(11)7-12-10(8)13-2-4-16(14,15)5-3-13/h6-7H,2-5,11H2,1H3. The molecule has 1 aliphatic heterocycles. The van der Waals surface area contributed by atoms with E-state index in [4.69, 9.17) is 5.73 Å². The minimum absolute atomic E-state index is 0.207. The molecule has 2 N–H and O–H groups in total. The van der Waals surface area contributed by atoms with Crippen LogP contribution in [0.5, 0.6) is 0 Å². The van der Waals surface area contributed by atoms with E-state index in [1.165, 1.54) is 0 Å². The van der Waals surface area contributed by atoms with Crippen molar-refractivity contribution in [1.82, 2.24) is 4.98 Å². The summed E-state index contributed by atoms with van der Waals surface area (Å²) < 4.78 is 22.6. The number of anilines is 2. The second-order valence-corrected chi connectivity index (χ2v) is 6.35. The maximum absolute atomic E-state index is 11.3. The number of nitrogen functional groups attached to an aromatic ring is 1. The van der Waals surface area contributed by atoms with Gasteiger partial charge in [0.1, 0.15) is 5.82 Å². The van der Waals surface area contributed by atoms with Crippen molar-refractivity contribution in [3.8, 4) is 0 Å². The Kier molecular flexibility index (Phi) is 2.75. The number of nitrogens with two attached hydrogens (primary N) is 1. The van der Waals surface area contributed by atoms with Gasteiger partial charge in [0.05, 0.1) is 23.4 Å². The van der Waals surface area contributed by atoms with Crippen LogP contribution in [0.4, 0.5) is 11.5 Å². The Morgan fingerprint density at radius 1 is 1.38 bits per heavy atom. The van der Waals surface area contributed by atoms with E-state index in [-0.39, 0.29) is 11.5 Å².